The summed E-state index contributed by atoms with van der Waals surface area (Å²) in [5.74, 6) is 0.777. The van der Waals surface area contributed by atoms with Crippen LogP contribution in [0.3, 0.4) is 0 Å². The molecule has 0 aliphatic carbocycles. The second-order valence-electron chi connectivity index (χ2n) is 5.89. The Hall–Kier alpha value is -1.24. The van der Waals surface area contributed by atoms with Gasteiger partial charge in [0.05, 0.1) is 10.6 Å². The van der Waals surface area contributed by atoms with Gasteiger partial charge < -0.3 is 15.0 Å². The van der Waals surface area contributed by atoms with Gasteiger partial charge in [0, 0.05) is 31.4 Å². The first-order valence-electron chi connectivity index (χ1n) is 8.13. The molecule has 0 radical (unpaired) electrons. The number of carbonyl (C=O) groups excluding carboxylic acids is 1. The smallest absolute Gasteiger partial charge is 0.255 e. The van der Waals surface area contributed by atoms with E-state index in [-0.39, 0.29) is 30.7 Å². The molecule has 27 heavy (non-hydrogen) atoms. The molecular weight excluding hydrogens is 432 g/mol. The number of halogens is 4. The maximum Gasteiger partial charge on any atom is 0.255 e. The zero-order valence-electron chi connectivity index (χ0n) is 14.7. The minimum absolute atomic E-state index is 0. The van der Waals surface area contributed by atoms with Crippen molar-refractivity contribution in [3.05, 3.63) is 52.1 Å². The minimum Gasteiger partial charge on any atom is -0.437 e. The Balaban J connectivity index is 0.00000182. The summed E-state index contributed by atoms with van der Waals surface area (Å²) in [7, 11) is 1.96. The number of aromatic nitrogens is 1. The zero-order chi connectivity index (χ0) is 17.8. The molecule has 1 aromatic carbocycles. The summed E-state index contributed by atoms with van der Waals surface area (Å²) in [5, 5.41) is 4.00. The third-order valence-electron chi connectivity index (χ3n) is 4.30. The van der Waals surface area contributed by atoms with E-state index in [0.29, 0.717) is 33.3 Å². The molecule has 1 aliphatic heterocycles. The normalized spacial score (nSPS) is 14.1. The van der Waals surface area contributed by atoms with Gasteiger partial charge in [0.25, 0.3) is 5.91 Å². The lowest BCUT2D eigenvalue weighted by Crippen LogP contribution is -2.43. The monoisotopic (exact) mass is 451 g/mol. The third kappa shape index (κ3) is 5.87. The summed E-state index contributed by atoms with van der Waals surface area (Å²) in [5.41, 5.74) is 0.549. The van der Waals surface area contributed by atoms with Gasteiger partial charge in [0.1, 0.15) is 10.8 Å². The fraction of sp³-hybridized carbons (Fsp3) is 0.333. The molecule has 1 saturated heterocycles. The average Bonchev–Trinajstić information content (AvgIpc) is 2.65. The highest BCUT2D eigenvalue weighted by Crippen LogP contribution is 2.34. The second-order valence-corrected chi connectivity index (χ2v) is 6.68. The Labute approximate surface area is 181 Å². The van der Waals surface area contributed by atoms with E-state index < -0.39 is 0 Å². The van der Waals surface area contributed by atoms with Crippen molar-refractivity contribution in [2.24, 2.45) is 0 Å². The van der Waals surface area contributed by atoms with Crippen molar-refractivity contribution in [3.8, 4) is 11.6 Å². The SMILES string of the molecule is CNC1CCN(C(=O)c2ccc(Oc3cccc(Cl)c3Cl)nc2)CC1.Cl.Cl. The van der Waals surface area contributed by atoms with Crippen molar-refractivity contribution < 1.29 is 9.53 Å². The maximum absolute atomic E-state index is 12.5. The topological polar surface area (TPSA) is 54.5 Å². The van der Waals surface area contributed by atoms with Crippen LogP contribution in [0.1, 0.15) is 23.2 Å². The van der Waals surface area contributed by atoms with Crippen LogP contribution in [0.15, 0.2) is 36.5 Å². The number of nitrogens with one attached hydrogen (secondary N) is 1. The standard InChI is InChI=1S/C18H19Cl2N3O2.2ClH/c1-21-13-7-9-23(10-8-13)18(24)12-5-6-16(22-11-12)25-15-4-2-3-14(19)17(15)20;;/h2-6,11,13,21H,7-10H2,1H3;2*1H. The summed E-state index contributed by atoms with van der Waals surface area (Å²) in [6.07, 6.45) is 3.45. The quantitative estimate of drug-likeness (QED) is 0.720. The molecule has 0 spiro atoms. The zero-order valence-corrected chi connectivity index (χ0v) is 17.8. The van der Waals surface area contributed by atoms with Gasteiger partial charge in [0.2, 0.25) is 5.88 Å². The Morgan fingerprint density at radius 1 is 1.19 bits per heavy atom. The van der Waals surface area contributed by atoms with Crippen molar-refractivity contribution in [1.82, 2.24) is 15.2 Å². The van der Waals surface area contributed by atoms with Crippen LogP contribution < -0.4 is 10.1 Å². The van der Waals surface area contributed by atoms with Crippen LogP contribution in [-0.2, 0) is 0 Å². The van der Waals surface area contributed by atoms with E-state index in [1.165, 1.54) is 6.20 Å². The van der Waals surface area contributed by atoms with Crippen LogP contribution in [-0.4, -0.2) is 42.0 Å². The molecule has 1 fully saturated rings. The summed E-state index contributed by atoms with van der Waals surface area (Å²) in [6, 6.07) is 9.00. The van der Waals surface area contributed by atoms with E-state index >= 15 is 0 Å². The number of carbonyl (C=O) groups is 1. The molecule has 1 amide bonds. The fourth-order valence-electron chi connectivity index (χ4n) is 2.80. The van der Waals surface area contributed by atoms with Crippen LogP contribution in [0.2, 0.25) is 10.0 Å². The molecule has 0 saturated carbocycles. The van der Waals surface area contributed by atoms with Crippen molar-refractivity contribution in [1.29, 1.82) is 0 Å². The molecule has 9 heteroatoms. The number of pyridine rings is 1. The molecule has 0 atom stereocenters. The van der Waals surface area contributed by atoms with Gasteiger partial charge >= 0.3 is 0 Å². The first-order valence-corrected chi connectivity index (χ1v) is 8.88. The predicted molar refractivity (Wildman–Crippen MR) is 113 cm³/mol. The van der Waals surface area contributed by atoms with Crippen LogP contribution in [0.5, 0.6) is 11.6 Å². The van der Waals surface area contributed by atoms with Crippen LogP contribution in [0.25, 0.3) is 0 Å². The van der Waals surface area contributed by atoms with Crippen molar-refractivity contribution in [2.75, 3.05) is 20.1 Å². The number of benzene rings is 1. The molecule has 0 unspecified atom stereocenters. The molecule has 5 nitrogen and oxygen atoms in total. The molecule has 0 bridgehead atoms. The second kappa shape index (κ2) is 10.9. The number of nitrogens with zero attached hydrogens (tertiary/aromatic N) is 2. The molecule has 1 aliphatic rings. The lowest BCUT2D eigenvalue weighted by atomic mass is 10.0. The number of hydrogen-bond donors (Lipinski definition) is 1. The third-order valence-corrected chi connectivity index (χ3v) is 5.11. The molecular formula is C18H21Cl4N3O2. The first-order chi connectivity index (χ1) is 12.1. The Morgan fingerprint density at radius 2 is 1.89 bits per heavy atom. The Kier molecular flexibility index (Phi) is 9.63. The fourth-order valence-corrected chi connectivity index (χ4v) is 3.13. The van der Waals surface area contributed by atoms with Crippen molar-refractivity contribution in [3.63, 3.8) is 0 Å². The molecule has 1 N–H and O–H groups in total. The van der Waals surface area contributed by atoms with Gasteiger partial charge in [-0.3, -0.25) is 4.79 Å². The van der Waals surface area contributed by atoms with E-state index in [0.717, 1.165) is 25.9 Å². The van der Waals surface area contributed by atoms with Gasteiger partial charge in [-0.05, 0) is 38.1 Å². The van der Waals surface area contributed by atoms with E-state index in [1.807, 2.05) is 11.9 Å². The largest absolute Gasteiger partial charge is 0.437 e. The maximum atomic E-state index is 12.5. The lowest BCUT2D eigenvalue weighted by molar-refractivity contribution is 0.0707. The van der Waals surface area contributed by atoms with Crippen LogP contribution in [0, 0.1) is 0 Å². The Morgan fingerprint density at radius 3 is 2.48 bits per heavy atom. The highest BCUT2D eigenvalue weighted by Gasteiger charge is 2.23. The van der Waals surface area contributed by atoms with Crippen molar-refractivity contribution >= 4 is 53.9 Å². The van der Waals surface area contributed by atoms with Crippen LogP contribution >= 0.6 is 48.0 Å². The number of likely N-dealkylation sites (tertiary alicyclic amines) is 1. The van der Waals surface area contributed by atoms with Gasteiger partial charge in [-0.25, -0.2) is 4.98 Å². The number of hydrogen-bond acceptors (Lipinski definition) is 4. The van der Waals surface area contributed by atoms with Gasteiger partial charge in [-0.15, -0.1) is 24.8 Å². The summed E-state index contributed by atoms with van der Waals surface area (Å²) >= 11 is 12.1. The molecule has 2 aromatic rings. The molecule has 2 heterocycles. The average molecular weight is 453 g/mol. The predicted octanol–water partition coefficient (Wildman–Crippen LogP) is 4.85. The number of amides is 1. The number of piperidine rings is 1. The molecule has 148 valence electrons. The number of ether oxygens (including phenoxy) is 1. The van der Waals surface area contributed by atoms with Crippen molar-refractivity contribution in [2.45, 2.75) is 18.9 Å². The highest BCUT2D eigenvalue weighted by molar-refractivity contribution is 6.42. The van der Waals surface area contributed by atoms with E-state index in [2.05, 4.69) is 10.3 Å². The van der Waals surface area contributed by atoms with Gasteiger partial charge in [-0.1, -0.05) is 29.3 Å². The highest BCUT2D eigenvalue weighted by atomic mass is 35.5. The van der Waals surface area contributed by atoms with Gasteiger partial charge in [0.15, 0.2) is 0 Å². The summed E-state index contributed by atoms with van der Waals surface area (Å²) in [6.45, 7) is 1.50. The lowest BCUT2D eigenvalue weighted by Gasteiger charge is -2.31. The summed E-state index contributed by atoms with van der Waals surface area (Å²) in [4.78, 5) is 18.6. The summed E-state index contributed by atoms with van der Waals surface area (Å²) < 4.78 is 5.64. The Bertz CT molecular complexity index is 751. The first kappa shape index (κ1) is 23.8. The van der Waals surface area contributed by atoms with Gasteiger partial charge in [-0.2, -0.15) is 0 Å². The van der Waals surface area contributed by atoms with E-state index in [1.54, 1.807) is 30.3 Å². The van der Waals surface area contributed by atoms with Crippen LogP contribution in [0.4, 0.5) is 0 Å². The minimum atomic E-state index is -0.00519. The van der Waals surface area contributed by atoms with E-state index in [4.69, 9.17) is 27.9 Å². The molecule has 3 rings (SSSR count). The van der Waals surface area contributed by atoms with E-state index in [9.17, 15) is 4.79 Å². The molecule has 1 aromatic heterocycles. The number of rotatable bonds is 4.